The van der Waals surface area contributed by atoms with Crippen molar-refractivity contribution in [3.8, 4) is 11.4 Å². The van der Waals surface area contributed by atoms with E-state index in [0.29, 0.717) is 74.1 Å². The van der Waals surface area contributed by atoms with Gasteiger partial charge in [-0.2, -0.15) is 0 Å². The lowest BCUT2D eigenvalue weighted by atomic mass is 10.1. The number of alkyl halides is 1. The van der Waals surface area contributed by atoms with Gasteiger partial charge in [-0.25, -0.2) is 19.9 Å². The highest BCUT2D eigenvalue weighted by molar-refractivity contribution is 6.19. The first-order valence-electron chi connectivity index (χ1n) is 9.87. The van der Waals surface area contributed by atoms with Crippen LogP contribution >= 0.6 is 11.6 Å². The van der Waals surface area contributed by atoms with Crippen LogP contribution in [0.4, 0.5) is 23.3 Å². The number of anilines is 3. The Morgan fingerprint density at radius 1 is 1.20 bits per heavy atom. The second-order valence-electron chi connectivity index (χ2n) is 7.20. The number of aromatic nitrogens is 4. The molecule has 160 valence electrons. The summed E-state index contributed by atoms with van der Waals surface area (Å²) in [6, 6.07) is 0.260. The van der Waals surface area contributed by atoms with Crippen molar-refractivity contribution in [2.24, 2.45) is 10.9 Å². The second-order valence-corrected chi connectivity index (χ2v) is 7.44. The molecule has 0 spiro atoms. The Morgan fingerprint density at radius 3 is 2.60 bits per heavy atom. The highest BCUT2D eigenvalue weighted by Crippen LogP contribution is 2.38. The lowest BCUT2D eigenvalue weighted by Crippen LogP contribution is -2.37. The number of nitrogens with two attached hydrogens (primary N) is 1. The zero-order valence-corrected chi connectivity index (χ0v) is 17.5. The van der Waals surface area contributed by atoms with Crippen LogP contribution in [0.3, 0.4) is 0 Å². The summed E-state index contributed by atoms with van der Waals surface area (Å²) in [6.07, 6.45) is 4.22. The molecule has 2 aliphatic rings. The minimum absolute atomic E-state index is 0.195. The first-order valence-corrected chi connectivity index (χ1v) is 10.4. The number of aliphatic imine (C=N–C) groups is 1. The van der Waals surface area contributed by atoms with Gasteiger partial charge in [0.1, 0.15) is 5.69 Å². The summed E-state index contributed by atoms with van der Waals surface area (Å²) in [5.41, 5.74) is 6.91. The quantitative estimate of drug-likeness (QED) is 0.396. The van der Waals surface area contributed by atoms with Crippen LogP contribution in [0.2, 0.25) is 0 Å². The highest BCUT2D eigenvalue weighted by Gasteiger charge is 2.27. The van der Waals surface area contributed by atoms with Crippen LogP contribution in [0.15, 0.2) is 17.4 Å². The molecule has 2 N–H and O–H groups in total. The van der Waals surface area contributed by atoms with E-state index < -0.39 is 0 Å². The van der Waals surface area contributed by atoms with E-state index in [0.717, 1.165) is 13.0 Å². The molecule has 0 radical (unpaired) electrons. The monoisotopic (exact) mass is 432 g/mol. The van der Waals surface area contributed by atoms with Crippen LogP contribution in [0.25, 0.3) is 11.4 Å². The molecule has 2 saturated heterocycles. The molecule has 1 atom stereocenters. The summed E-state index contributed by atoms with van der Waals surface area (Å²) in [7, 11) is 0. The molecule has 1 unspecified atom stereocenters. The molecule has 2 aromatic heterocycles. The summed E-state index contributed by atoms with van der Waals surface area (Å²) in [4.78, 5) is 26.2. The van der Waals surface area contributed by atoms with Crippen molar-refractivity contribution in [1.82, 2.24) is 19.9 Å². The highest BCUT2D eigenvalue weighted by atomic mass is 35.5. The normalized spacial score (nSPS) is 19.1. The maximum Gasteiger partial charge on any atom is 0.219 e. The lowest BCUT2D eigenvalue weighted by Gasteiger charge is -2.31. The molecule has 4 heterocycles. The van der Waals surface area contributed by atoms with Crippen molar-refractivity contribution in [2.45, 2.75) is 6.42 Å². The first kappa shape index (κ1) is 20.7. The summed E-state index contributed by atoms with van der Waals surface area (Å²) >= 11 is 6.35. The van der Waals surface area contributed by atoms with E-state index in [9.17, 15) is 0 Å². The molecule has 0 saturated carbocycles. The standard InChI is InChI=1S/C19H25ClN8O2/c1-22-15-17(27-3-6-29-7-4-27)25-16(14-8-23-19(21)24-9-14)26-18(15)28(12-20)10-13-2-5-30-11-13/h8-9,13H,1-7,10-12H2,(H2,21,23,24). The van der Waals surface area contributed by atoms with Gasteiger partial charge in [0.15, 0.2) is 17.5 Å². The average Bonchev–Trinajstić information content (AvgIpc) is 3.31. The summed E-state index contributed by atoms with van der Waals surface area (Å²) < 4.78 is 11.0. The fraction of sp³-hybridized carbons (Fsp3) is 0.526. The van der Waals surface area contributed by atoms with Crippen LogP contribution in [0.5, 0.6) is 0 Å². The van der Waals surface area contributed by atoms with Gasteiger partial charge in [0.05, 0.1) is 31.4 Å². The molecule has 2 fully saturated rings. The number of morpholine rings is 1. The molecular weight excluding hydrogens is 408 g/mol. The zero-order valence-electron chi connectivity index (χ0n) is 16.7. The van der Waals surface area contributed by atoms with Crippen molar-refractivity contribution in [1.29, 1.82) is 0 Å². The van der Waals surface area contributed by atoms with Gasteiger partial charge in [-0.1, -0.05) is 0 Å². The summed E-state index contributed by atoms with van der Waals surface area (Å²) in [5, 5.41) is 0. The van der Waals surface area contributed by atoms with Gasteiger partial charge >= 0.3 is 0 Å². The number of rotatable bonds is 7. The molecule has 4 rings (SSSR count). The van der Waals surface area contributed by atoms with E-state index in [1.54, 1.807) is 12.4 Å². The topological polar surface area (TPSA) is 115 Å². The fourth-order valence-corrected chi connectivity index (χ4v) is 3.81. The smallest absolute Gasteiger partial charge is 0.219 e. The third kappa shape index (κ3) is 4.45. The Hall–Kier alpha value is -2.56. The van der Waals surface area contributed by atoms with E-state index in [2.05, 4.69) is 26.6 Å². The van der Waals surface area contributed by atoms with E-state index >= 15 is 0 Å². The molecule has 11 heteroatoms. The predicted octanol–water partition coefficient (Wildman–Crippen LogP) is 1.72. The second kappa shape index (κ2) is 9.50. The van der Waals surface area contributed by atoms with Crippen LogP contribution in [0.1, 0.15) is 6.42 Å². The van der Waals surface area contributed by atoms with Crippen LogP contribution in [-0.2, 0) is 9.47 Å². The zero-order chi connectivity index (χ0) is 20.9. The maximum atomic E-state index is 6.35. The van der Waals surface area contributed by atoms with Crippen molar-refractivity contribution in [3.63, 3.8) is 0 Å². The number of nitrogens with zero attached hydrogens (tertiary/aromatic N) is 7. The molecule has 0 bridgehead atoms. The van der Waals surface area contributed by atoms with Crippen LogP contribution < -0.4 is 15.5 Å². The van der Waals surface area contributed by atoms with E-state index in [1.165, 1.54) is 0 Å². The Morgan fingerprint density at radius 2 is 1.97 bits per heavy atom. The Labute approximate surface area is 180 Å². The van der Waals surface area contributed by atoms with Gasteiger partial charge in [-0.05, 0) is 13.1 Å². The number of ether oxygens (including phenoxy) is 2. The predicted molar refractivity (Wildman–Crippen MR) is 117 cm³/mol. The molecule has 30 heavy (non-hydrogen) atoms. The third-order valence-corrected chi connectivity index (χ3v) is 5.48. The van der Waals surface area contributed by atoms with Gasteiger partial charge in [-0.3, -0.25) is 4.99 Å². The van der Waals surface area contributed by atoms with E-state index in [1.807, 2.05) is 4.90 Å². The van der Waals surface area contributed by atoms with Gasteiger partial charge < -0.3 is 25.0 Å². The van der Waals surface area contributed by atoms with Crippen molar-refractivity contribution < 1.29 is 9.47 Å². The van der Waals surface area contributed by atoms with Gasteiger partial charge in [0.25, 0.3) is 0 Å². The summed E-state index contributed by atoms with van der Waals surface area (Å²) in [5.74, 6) is 2.39. The van der Waals surface area contributed by atoms with Gasteiger partial charge in [0, 0.05) is 44.6 Å². The number of hydrogen-bond donors (Lipinski definition) is 1. The maximum absolute atomic E-state index is 6.35. The Kier molecular flexibility index (Phi) is 6.56. The van der Waals surface area contributed by atoms with Crippen LogP contribution in [-0.4, -0.2) is 78.7 Å². The minimum atomic E-state index is 0.195. The van der Waals surface area contributed by atoms with E-state index in [-0.39, 0.29) is 12.0 Å². The Bertz CT molecular complexity index is 870. The van der Waals surface area contributed by atoms with Gasteiger partial charge in [-0.15, -0.1) is 11.6 Å². The first-order chi connectivity index (χ1) is 14.7. The number of hydrogen-bond acceptors (Lipinski definition) is 10. The summed E-state index contributed by atoms with van der Waals surface area (Å²) in [6.45, 7) is 8.62. The molecule has 0 aliphatic carbocycles. The molecule has 10 nitrogen and oxygen atoms in total. The molecule has 2 aliphatic heterocycles. The molecule has 2 aromatic rings. The minimum Gasteiger partial charge on any atom is -0.381 e. The molecule has 0 amide bonds. The lowest BCUT2D eigenvalue weighted by molar-refractivity contribution is 0.122. The van der Waals surface area contributed by atoms with Crippen molar-refractivity contribution in [2.75, 3.05) is 67.6 Å². The largest absolute Gasteiger partial charge is 0.381 e. The molecule has 0 aromatic carbocycles. The van der Waals surface area contributed by atoms with Crippen LogP contribution in [0, 0.1) is 5.92 Å². The van der Waals surface area contributed by atoms with Crippen molar-refractivity contribution in [3.05, 3.63) is 12.4 Å². The number of halogens is 1. The van der Waals surface area contributed by atoms with Gasteiger partial charge in [0.2, 0.25) is 5.95 Å². The fourth-order valence-electron chi connectivity index (χ4n) is 3.60. The molecular formula is C19H25ClN8O2. The average molecular weight is 433 g/mol. The van der Waals surface area contributed by atoms with Crippen molar-refractivity contribution >= 4 is 41.6 Å². The number of nitrogen functional groups attached to an aromatic ring is 1. The third-order valence-electron chi connectivity index (χ3n) is 5.19. The Balaban J connectivity index is 1.79. The SMILES string of the molecule is C=Nc1c(N2CCOCC2)nc(-c2cnc(N)nc2)nc1N(CCl)CC1CCOC1. The van der Waals surface area contributed by atoms with E-state index in [4.69, 9.17) is 36.8 Å².